The van der Waals surface area contributed by atoms with Crippen LogP contribution in [0.15, 0.2) is 24.3 Å². The maximum atomic E-state index is 5.19. The number of aryl methyl sites for hydroxylation is 1. The van der Waals surface area contributed by atoms with Crippen LogP contribution in [0.1, 0.15) is 32.3 Å². The number of benzene rings is 1. The first-order valence-electron chi connectivity index (χ1n) is 5.90. The SMILES string of the molecule is CCCCNC(=S)Nc1ccc(CC)cc1. The molecule has 0 amide bonds. The van der Waals surface area contributed by atoms with E-state index >= 15 is 0 Å². The summed E-state index contributed by atoms with van der Waals surface area (Å²) in [4.78, 5) is 0. The summed E-state index contributed by atoms with van der Waals surface area (Å²) in [6, 6.07) is 8.37. The fourth-order valence-corrected chi connectivity index (χ4v) is 1.60. The maximum Gasteiger partial charge on any atom is 0.170 e. The summed E-state index contributed by atoms with van der Waals surface area (Å²) in [5, 5.41) is 7.06. The molecule has 2 N–H and O–H groups in total. The molecule has 0 fully saturated rings. The van der Waals surface area contributed by atoms with Crippen molar-refractivity contribution >= 4 is 23.0 Å². The van der Waals surface area contributed by atoms with Crippen molar-refractivity contribution in [3.8, 4) is 0 Å². The molecule has 0 saturated carbocycles. The van der Waals surface area contributed by atoms with Crippen molar-refractivity contribution in [2.45, 2.75) is 33.1 Å². The largest absolute Gasteiger partial charge is 0.362 e. The predicted octanol–water partition coefficient (Wildman–Crippen LogP) is 3.34. The van der Waals surface area contributed by atoms with Gasteiger partial charge in [-0.25, -0.2) is 0 Å². The maximum absolute atomic E-state index is 5.19. The van der Waals surface area contributed by atoms with E-state index in [0.717, 1.165) is 25.1 Å². The topological polar surface area (TPSA) is 24.1 Å². The molecule has 1 aromatic rings. The van der Waals surface area contributed by atoms with Crippen LogP contribution in [-0.2, 0) is 6.42 Å². The Hall–Kier alpha value is -1.09. The highest BCUT2D eigenvalue weighted by Crippen LogP contribution is 2.09. The number of hydrogen-bond acceptors (Lipinski definition) is 1. The molecule has 0 atom stereocenters. The lowest BCUT2D eigenvalue weighted by Gasteiger charge is -2.10. The molecule has 0 saturated heterocycles. The van der Waals surface area contributed by atoms with Crippen LogP contribution in [0, 0.1) is 0 Å². The van der Waals surface area contributed by atoms with Crippen molar-refractivity contribution in [1.82, 2.24) is 5.32 Å². The van der Waals surface area contributed by atoms with E-state index in [1.807, 2.05) is 0 Å². The Morgan fingerprint density at radius 1 is 1.19 bits per heavy atom. The van der Waals surface area contributed by atoms with Crippen LogP contribution in [0.3, 0.4) is 0 Å². The van der Waals surface area contributed by atoms with Crippen molar-refractivity contribution in [3.63, 3.8) is 0 Å². The quantitative estimate of drug-likeness (QED) is 0.605. The molecule has 0 heterocycles. The molecule has 0 aliphatic carbocycles. The van der Waals surface area contributed by atoms with E-state index in [9.17, 15) is 0 Å². The molecule has 0 aromatic heterocycles. The molecule has 88 valence electrons. The summed E-state index contributed by atoms with van der Waals surface area (Å²) in [6.07, 6.45) is 3.40. The van der Waals surface area contributed by atoms with Gasteiger partial charge in [-0.15, -0.1) is 0 Å². The molecule has 2 nitrogen and oxygen atoms in total. The molecule has 3 heteroatoms. The zero-order valence-corrected chi connectivity index (χ0v) is 10.9. The van der Waals surface area contributed by atoms with Crippen molar-refractivity contribution in [1.29, 1.82) is 0 Å². The Bertz CT molecular complexity index is 319. The molecule has 0 aliphatic heterocycles. The Morgan fingerprint density at radius 2 is 1.88 bits per heavy atom. The van der Waals surface area contributed by atoms with Gasteiger partial charge in [0.2, 0.25) is 0 Å². The van der Waals surface area contributed by atoms with E-state index in [-0.39, 0.29) is 0 Å². The zero-order valence-electron chi connectivity index (χ0n) is 10.0. The number of hydrogen-bond donors (Lipinski definition) is 2. The molecular formula is C13H20N2S. The molecule has 0 bridgehead atoms. The van der Waals surface area contributed by atoms with Gasteiger partial charge in [-0.2, -0.15) is 0 Å². The lowest BCUT2D eigenvalue weighted by molar-refractivity contribution is 0.758. The van der Waals surface area contributed by atoms with Crippen molar-refractivity contribution < 1.29 is 0 Å². The third kappa shape index (κ3) is 4.62. The highest BCUT2D eigenvalue weighted by atomic mass is 32.1. The number of unbranched alkanes of at least 4 members (excludes halogenated alkanes) is 1. The second-order valence-corrected chi connectivity index (χ2v) is 4.19. The van der Waals surface area contributed by atoms with Gasteiger partial charge in [0.05, 0.1) is 0 Å². The third-order valence-corrected chi connectivity index (χ3v) is 2.68. The molecule has 1 rings (SSSR count). The van der Waals surface area contributed by atoms with Gasteiger partial charge in [0, 0.05) is 12.2 Å². The minimum absolute atomic E-state index is 0.706. The van der Waals surface area contributed by atoms with Crippen LogP contribution in [0.25, 0.3) is 0 Å². The van der Waals surface area contributed by atoms with Crippen molar-refractivity contribution in [3.05, 3.63) is 29.8 Å². The zero-order chi connectivity index (χ0) is 11.8. The Morgan fingerprint density at radius 3 is 2.44 bits per heavy atom. The Balaban J connectivity index is 2.37. The fraction of sp³-hybridized carbons (Fsp3) is 0.462. The highest BCUT2D eigenvalue weighted by Gasteiger charge is 1.96. The average Bonchev–Trinajstić information content (AvgIpc) is 2.30. The second-order valence-electron chi connectivity index (χ2n) is 3.78. The van der Waals surface area contributed by atoms with Gasteiger partial charge in [-0.05, 0) is 42.8 Å². The fourth-order valence-electron chi connectivity index (χ4n) is 1.38. The minimum Gasteiger partial charge on any atom is -0.362 e. The summed E-state index contributed by atoms with van der Waals surface area (Å²) in [7, 11) is 0. The summed E-state index contributed by atoms with van der Waals surface area (Å²) < 4.78 is 0. The molecule has 0 unspecified atom stereocenters. The smallest absolute Gasteiger partial charge is 0.170 e. The van der Waals surface area contributed by atoms with Crippen molar-refractivity contribution in [2.24, 2.45) is 0 Å². The predicted molar refractivity (Wildman–Crippen MR) is 75.0 cm³/mol. The number of thiocarbonyl (C=S) groups is 1. The molecule has 0 spiro atoms. The first kappa shape index (κ1) is 13.0. The van der Waals surface area contributed by atoms with Crippen LogP contribution in [-0.4, -0.2) is 11.7 Å². The Labute approximate surface area is 103 Å². The monoisotopic (exact) mass is 236 g/mol. The van der Waals surface area contributed by atoms with E-state index in [0.29, 0.717) is 5.11 Å². The van der Waals surface area contributed by atoms with Crippen LogP contribution in [0.5, 0.6) is 0 Å². The van der Waals surface area contributed by atoms with E-state index in [2.05, 4.69) is 48.7 Å². The van der Waals surface area contributed by atoms with Gasteiger partial charge in [-0.3, -0.25) is 0 Å². The van der Waals surface area contributed by atoms with Gasteiger partial charge < -0.3 is 10.6 Å². The lowest BCUT2D eigenvalue weighted by atomic mass is 10.1. The minimum atomic E-state index is 0.706. The summed E-state index contributed by atoms with van der Waals surface area (Å²) in [5.41, 5.74) is 2.39. The molecular weight excluding hydrogens is 216 g/mol. The standard InChI is InChI=1S/C13H20N2S/c1-3-5-10-14-13(16)15-12-8-6-11(4-2)7-9-12/h6-9H,3-5,10H2,1-2H3,(H2,14,15,16). The van der Waals surface area contributed by atoms with Crippen LogP contribution < -0.4 is 10.6 Å². The van der Waals surface area contributed by atoms with E-state index in [1.54, 1.807) is 0 Å². The van der Waals surface area contributed by atoms with Gasteiger partial charge in [0.1, 0.15) is 0 Å². The highest BCUT2D eigenvalue weighted by molar-refractivity contribution is 7.80. The normalized spacial score (nSPS) is 9.88. The van der Waals surface area contributed by atoms with E-state index in [4.69, 9.17) is 12.2 Å². The van der Waals surface area contributed by atoms with Crippen LogP contribution in [0.2, 0.25) is 0 Å². The number of rotatable bonds is 5. The van der Waals surface area contributed by atoms with E-state index in [1.165, 1.54) is 12.0 Å². The van der Waals surface area contributed by atoms with Crippen LogP contribution in [0.4, 0.5) is 5.69 Å². The average molecular weight is 236 g/mol. The summed E-state index contributed by atoms with van der Waals surface area (Å²) in [6.45, 7) is 5.26. The molecule has 0 aliphatic rings. The lowest BCUT2D eigenvalue weighted by Crippen LogP contribution is -2.29. The summed E-state index contributed by atoms with van der Waals surface area (Å²) in [5.74, 6) is 0. The summed E-state index contributed by atoms with van der Waals surface area (Å²) >= 11 is 5.19. The molecule has 16 heavy (non-hydrogen) atoms. The van der Waals surface area contributed by atoms with Gasteiger partial charge in [0.15, 0.2) is 5.11 Å². The second kappa shape index (κ2) is 7.23. The number of nitrogens with one attached hydrogen (secondary N) is 2. The van der Waals surface area contributed by atoms with Crippen LogP contribution >= 0.6 is 12.2 Å². The molecule has 0 radical (unpaired) electrons. The number of anilines is 1. The third-order valence-electron chi connectivity index (χ3n) is 2.44. The van der Waals surface area contributed by atoms with Gasteiger partial charge in [0.25, 0.3) is 0 Å². The van der Waals surface area contributed by atoms with Crippen molar-refractivity contribution in [2.75, 3.05) is 11.9 Å². The molecule has 1 aromatic carbocycles. The Kier molecular flexibility index (Phi) is 5.86. The first-order chi connectivity index (χ1) is 7.76. The first-order valence-corrected chi connectivity index (χ1v) is 6.31. The van der Waals surface area contributed by atoms with Gasteiger partial charge >= 0.3 is 0 Å². The van der Waals surface area contributed by atoms with Gasteiger partial charge in [-0.1, -0.05) is 32.4 Å². The van der Waals surface area contributed by atoms with E-state index < -0.39 is 0 Å².